The second kappa shape index (κ2) is 9.65. The van der Waals surface area contributed by atoms with Gasteiger partial charge in [0.15, 0.2) is 0 Å². The first-order valence-corrected chi connectivity index (χ1v) is 10.8. The first kappa shape index (κ1) is 22.8. The predicted octanol–water partition coefficient (Wildman–Crippen LogP) is 3.93. The van der Waals surface area contributed by atoms with E-state index in [1.54, 1.807) is 53.9 Å². The number of hydrogen-bond acceptors (Lipinski definition) is 4. The molecule has 0 atom stereocenters. The third kappa shape index (κ3) is 4.56. The highest BCUT2D eigenvalue weighted by molar-refractivity contribution is 6.31. The van der Waals surface area contributed by atoms with Crippen LogP contribution in [0.4, 0.5) is 5.69 Å². The maximum atomic E-state index is 13.0. The fourth-order valence-corrected chi connectivity index (χ4v) is 3.75. The van der Waals surface area contributed by atoms with E-state index in [4.69, 9.17) is 11.6 Å². The van der Waals surface area contributed by atoms with Crippen LogP contribution < -0.4 is 10.9 Å². The van der Waals surface area contributed by atoms with Gasteiger partial charge in [0.25, 0.3) is 11.5 Å². The van der Waals surface area contributed by atoms with Crippen molar-refractivity contribution in [2.75, 3.05) is 5.32 Å². The van der Waals surface area contributed by atoms with E-state index in [0.29, 0.717) is 28.5 Å². The zero-order valence-corrected chi connectivity index (χ0v) is 19.3. The minimum Gasteiger partial charge on any atom is -0.315 e. The number of benzene rings is 2. The third-order valence-corrected chi connectivity index (χ3v) is 5.78. The van der Waals surface area contributed by atoms with Gasteiger partial charge in [-0.1, -0.05) is 48.0 Å². The molecular weight excluding hydrogens is 452 g/mol. The summed E-state index contributed by atoms with van der Waals surface area (Å²) in [5.41, 5.74) is 2.29. The Morgan fingerprint density at radius 3 is 2.59 bits per heavy atom. The first-order chi connectivity index (χ1) is 16.4. The molecule has 8 nitrogen and oxygen atoms in total. The number of nitriles is 1. The number of nitrogens with one attached hydrogen (secondary N) is 1. The number of carbonyl (C=O) groups is 1. The highest BCUT2D eigenvalue weighted by Gasteiger charge is 2.20. The number of halogens is 1. The van der Waals surface area contributed by atoms with Gasteiger partial charge in [-0.15, -0.1) is 0 Å². The van der Waals surface area contributed by atoms with Crippen LogP contribution in [0.25, 0.3) is 11.8 Å². The lowest BCUT2D eigenvalue weighted by Crippen LogP contribution is -2.23. The maximum Gasteiger partial charge on any atom is 0.295 e. The van der Waals surface area contributed by atoms with Gasteiger partial charge in [-0.05, 0) is 36.8 Å². The van der Waals surface area contributed by atoms with Gasteiger partial charge < -0.3 is 5.32 Å². The normalized spacial score (nSPS) is 11.3. The zero-order chi connectivity index (χ0) is 24.2. The molecule has 0 saturated heterocycles. The van der Waals surface area contributed by atoms with E-state index in [9.17, 15) is 14.9 Å². The summed E-state index contributed by atoms with van der Waals surface area (Å²) in [6.07, 6.45) is 4.70. The zero-order valence-electron chi connectivity index (χ0n) is 18.6. The van der Waals surface area contributed by atoms with Gasteiger partial charge in [-0.2, -0.15) is 10.4 Å². The van der Waals surface area contributed by atoms with Crippen molar-refractivity contribution < 1.29 is 4.79 Å². The van der Waals surface area contributed by atoms with Gasteiger partial charge in [0.1, 0.15) is 17.3 Å². The van der Waals surface area contributed by atoms with Crippen molar-refractivity contribution in [1.29, 1.82) is 5.26 Å². The maximum absolute atomic E-state index is 13.0. The molecule has 9 heteroatoms. The number of carbonyl (C=O) groups excluding carboxylic acids is 1. The molecule has 4 aromatic rings. The number of rotatable bonds is 6. The topological polar surface area (TPSA) is 97.6 Å². The fourth-order valence-electron chi connectivity index (χ4n) is 3.55. The van der Waals surface area contributed by atoms with Crippen LogP contribution in [0.15, 0.2) is 77.4 Å². The van der Waals surface area contributed by atoms with E-state index in [0.717, 1.165) is 5.56 Å². The minimum absolute atomic E-state index is 0.118. The van der Waals surface area contributed by atoms with E-state index in [2.05, 4.69) is 10.4 Å². The molecule has 0 bridgehead atoms. The Bertz CT molecular complexity index is 1490. The molecule has 170 valence electrons. The van der Waals surface area contributed by atoms with Crippen molar-refractivity contribution in [2.45, 2.75) is 13.5 Å². The van der Waals surface area contributed by atoms with Crippen molar-refractivity contribution in [1.82, 2.24) is 19.1 Å². The molecule has 2 heterocycles. The smallest absolute Gasteiger partial charge is 0.295 e. The van der Waals surface area contributed by atoms with Gasteiger partial charge in [-0.25, -0.2) is 4.68 Å². The summed E-state index contributed by atoms with van der Waals surface area (Å²) in [5, 5.41) is 17.1. The molecule has 0 radical (unpaired) electrons. The predicted molar refractivity (Wildman–Crippen MR) is 131 cm³/mol. The van der Waals surface area contributed by atoms with Crippen LogP contribution in [0.5, 0.6) is 0 Å². The average Bonchev–Trinajstić information content (AvgIpc) is 3.37. The Balaban J connectivity index is 1.57. The molecule has 4 rings (SSSR count). The fraction of sp³-hybridized carbons (Fsp3) is 0.120. The molecule has 2 aromatic heterocycles. The van der Waals surface area contributed by atoms with Gasteiger partial charge in [0.2, 0.25) is 0 Å². The van der Waals surface area contributed by atoms with Gasteiger partial charge >= 0.3 is 0 Å². The number of aromatic nitrogens is 4. The lowest BCUT2D eigenvalue weighted by molar-refractivity contribution is -0.112. The summed E-state index contributed by atoms with van der Waals surface area (Å²) in [6, 6.07) is 18.5. The standard InChI is InChI=1S/C25H21ClN6O2/c1-17-23(25(34)32(30(17)2)21-9-4-3-5-10-21)29-24(33)20(13-27)12-18-14-28-31(15-18)16-19-8-6-7-11-22(19)26/h3-12,14-15H,16H2,1-2H3,(H,29,33)/b20-12+. The van der Waals surface area contributed by atoms with E-state index in [1.807, 2.05) is 42.5 Å². The van der Waals surface area contributed by atoms with Crippen molar-refractivity contribution in [3.8, 4) is 11.8 Å². The Hall–Kier alpha value is -4.35. The first-order valence-electron chi connectivity index (χ1n) is 10.4. The number of anilines is 1. The number of nitrogens with zero attached hydrogens (tertiary/aromatic N) is 5. The molecule has 0 spiro atoms. The van der Waals surface area contributed by atoms with Crippen LogP contribution in [0.1, 0.15) is 16.8 Å². The molecule has 0 fully saturated rings. The summed E-state index contributed by atoms with van der Waals surface area (Å²) >= 11 is 6.21. The molecule has 0 aliphatic rings. The van der Waals surface area contributed by atoms with Gasteiger partial charge in [-0.3, -0.25) is 19.0 Å². The SMILES string of the molecule is Cc1c(NC(=O)/C(C#N)=C/c2cnn(Cc3ccccc3Cl)c2)c(=O)n(-c2ccccc2)n1C. The molecule has 1 N–H and O–H groups in total. The lowest BCUT2D eigenvalue weighted by Gasteiger charge is -2.07. The molecular formula is C25H21ClN6O2. The van der Waals surface area contributed by atoms with Crippen LogP contribution in [0.3, 0.4) is 0 Å². The van der Waals surface area contributed by atoms with E-state index < -0.39 is 5.91 Å². The van der Waals surface area contributed by atoms with E-state index in [-0.39, 0.29) is 16.8 Å². The lowest BCUT2D eigenvalue weighted by atomic mass is 10.2. The van der Waals surface area contributed by atoms with Crippen molar-refractivity contribution in [3.05, 3.63) is 105 Å². The van der Waals surface area contributed by atoms with Crippen molar-refractivity contribution >= 4 is 29.3 Å². The molecule has 34 heavy (non-hydrogen) atoms. The molecule has 0 saturated carbocycles. The van der Waals surface area contributed by atoms with Crippen LogP contribution in [-0.2, 0) is 18.4 Å². The molecule has 0 aliphatic carbocycles. The summed E-state index contributed by atoms with van der Waals surface area (Å²) in [7, 11) is 1.73. The molecule has 1 amide bonds. The monoisotopic (exact) mass is 472 g/mol. The minimum atomic E-state index is -0.674. The number of amides is 1. The number of hydrogen-bond donors (Lipinski definition) is 1. The van der Waals surface area contributed by atoms with Crippen LogP contribution >= 0.6 is 11.6 Å². The van der Waals surface area contributed by atoms with Crippen LogP contribution in [0.2, 0.25) is 5.02 Å². The molecule has 0 unspecified atom stereocenters. The average molecular weight is 473 g/mol. The Labute approximate surface area is 200 Å². The molecule has 2 aromatic carbocycles. The highest BCUT2D eigenvalue weighted by Crippen LogP contribution is 2.18. The Morgan fingerprint density at radius 2 is 1.88 bits per heavy atom. The summed E-state index contributed by atoms with van der Waals surface area (Å²) in [4.78, 5) is 25.9. The van der Waals surface area contributed by atoms with Gasteiger partial charge in [0, 0.05) is 23.8 Å². The highest BCUT2D eigenvalue weighted by atomic mass is 35.5. The molecule has 0 aliphatic heterocycles. The van der Waals surface area contributed by atoms with Crippen molar-refractivity contribution in [3.63, 3.8) is 0 Å². The second-order valence-corrected chi connectivity index (χ2v) is 8.03. The largest absolute Gasteiger partial charge is 0.315 e. The summed E-state index contributed by atoms with van der Waals surface area (Å²) < 4.78 is 4.78. The Morgan fingerprint density at radius 1 is 1.18 bits per heavy atom. The number of para-hydroxylation sites is 1. The summed E-state index contributed by atoms with van der Waals surface area (Å²) in [5.74, 6) is -0.674. The third-order valence-electron chi connectivity index (χ3n) is 5.41. The summed E-state index contributed by atoms with van der Waals surface area (Å²) in [6.45, 7) is 2.18. The van der Waals surface area contributed by atoms with E-state index in [1.165, 1.54) is 10.8 Å². The quantitative estimate of drug-likeness (QED) is 0.339. The van der Waals surface area contributed by atoms with Crippen molar-refractivity contribution in [2.24, 2.45) is 7.05 Å². The van der Waals surface area contributed by atoms with Crippen LogP contribution in [-0.4, -0.2) is 25.1 Å². The van der Waals surface area contributed by atoms with Crippen LogP contribution in [0, 0.1) is 18.3 Å². The second-order valence-electron chi connectivity index (χ2n) is 7.62. The van der Waals surface area contributed by atoms with Gasteiger partial charge in [0.05, 0.1) is 24.1 Å². The Kier molecular flexibility index (Phi) is 6.48. The van der Waals surface area contributed by atoms with E-state index >= 15 is 0 Å².